The molecule has 0 amide bonds. The first-order valence-corrected chi connectivity index (χ1v) is 7.94. The van der Waals surface area contributed by atoms with Crippen LogP contribution in [-0.2, 0) is 19.3 Å². The number of ether oxygens (including phenoxy) is 1. The summed E-state index contributed by atoms with van der Waals surface area (Å²) in [6, 6.07) is 8.37. The van der Waals surface area contributed by atoms with E-state index in [-0.39, 0.29) is 6.04 Å². The zero-order valence-corrected chi connectivity index (χ0v) is 12.6. The van der Waals surface area contributed by atoms with Gasteiger partial charge in [0.15, 0.2) is 0 Å². The van der Waals surface area contributed by atoms with Crippen molar-refractivity contribution in [1.29, 1.82) is 0 Å². The van der Waals surface area contributed by atoms with E-state index in [4.69, 9.17) is 22.2 Å². The van der Waals surface area contributed by atoms with Crippen molar-refractivity contribution in [2.24, 2.45) is 5.84 Å². The second-order valence-electron chi connectivity index (χ2n) is 5.00. The Morgan fingerprint density at radius 2 is 2.30 bits per heavy atom. The van der Waals surface area contributed by atoms with Crippen molar-refractivity contribution in [1.82, 2.24) is 5.43 Å². The fourth-order valence-corrected chi connectivity index (χ4v) is 3.67. The van der Waals surface area contributed by atoms with Gasteiger partial charge in [0.05, 0.1) is 6.61 Å². The molecule has 3 nitrogen and oxygen atoms in total. The predicted molar refractivity (Wildman–Crippen MR) is 83.5 cm³/mol. The molecule has 1 aliphatic rings. The number of rotatable bonds is 5. The number of hydrogen-bond acceptors (Lipinski definition) is 4. The number of thiophene rings is 1. The van der Waals surface area contributed by atoms with Crippen LogP contribution in [-0.4, -0.2) is 12.6 Å². The summed E-state index contributed by atoms with van der Waals surface area (Å²) >= 11 is 7.95. The first-order chi connectivity index (χ1) is 9.76. The summed E-state index contributed by atoms with van der Waals surface area (Å²) in [6.07, 6.45) is 2.67. The summed E-state index contributed by atoms with van der Waals surface area (Å²) in [4.78, 5) is 1.33. The monoisotopic (exact) mass is 308 g/mol. The Hall–Kier alpha value is -1.07. The van der Waals surface area contributed by atoms with Crippen molar-refractivity contribution in [3.05, 3.63) is 50.7 Å². The van der Waals surface area contributed by atoms with Gasteiger partial charge in [0, 0.05) is 22.4 Å². The van der Waals surface area contributed by atoms with Crippen LogP contribution in [0.25, 0.3) is 0 Å². The summed E-state index contributed by atoms with van der Waals surface area (Å²) in [7, 11) is 0. The fraction of sp³-hybridized carbons (Fsp3) is 0.333. The molecule has 106 valence electrons. The number of nitrogens with one attached hydrogen (secondary N) is 1. The van der Waals surface area contributed by atoms with Gasteiger partial charge in [0.25, 0.3) is 0 Å². The number of hydrazine groups is 1. The van der Waals surface area contributed by atoms with Crippen LogP contribution in [0, 0.1) is 0 Å². The van der Waals surface area contributed by atoms with E-state index in [1.807, 2.05) is 12.1 Å². The van der Waals surface area contributed by atoms with Crippen LogP contribution >= 0.6 is 22.9 Å². The van der Waals surface area contributed by atoms with Gasteiger partial charge >= 0.3 is 0 Å². The third-order valence-corrected chi connectivity index (χ3v) is 4.67. The normalized spacial score (nSPS) is 14.9. The van der Waals surface area contributed by atoms with E-state index in [2.05, 4.69) is 22.9 Å². The summed E-state index contributed by atoms with van der Waals surface area (Å²) in [5, 5.41) is 2.86. The maximum atomic E-state index is 6.19. The van der Waals surface area contributed by atoms with Gasteiger partial charge in [-0.1, -0.05) is 17.7 Å². The molecule has 0 saturated heterocycles. The Labute approximate surface area is 127 Å². The highest BCUT2D eigenvalue weighted by Gasteiger charge is 2.20. The molecule has 3 rings (SSSR count). The average Bonchev–Trinajstić information content (AvgIpc) is 3.08. The van der Waals surface area contributed by atoms with Crippen molar-refractivity contribution in [3.8, 4) is 5.75 Å². The Kier molecular flexibility index (Phi) is 4.27. The largest absolute Gasteiger partial charge is 0.493 e. The highest BCUT2D eigenvalue weighted by atomic mass is 35.5. The third-order valence-electron chi connectivity index (χ3n) is 3.56. The van der Waals surface area contributed by atoms with Gasteiger partial charge < -0.3 is 4.74 Å². The first-order valence-electron chi connectivity index (χ1n) is 6.69. The molecule has 0 bridgehead atoms. The van der Waals surface area contributed by atoms with Crippen molar-refractivity contribution in [2.75, 3.05) is 6.61 Å². The van der Waals surface area contributed by atoms with Gasteiger partial charge in [-0.15, -0.1) is 11.3 Å². The molecular weight excluding hydrogens is 292 g/mol. The lowest BCUT2D eigenvalue weighted by Gasteiger charge is -2.17. The molecule has 20 heavy (non-hydrogen) atoms. The summed E-state index contributed by atoms with van der Waals surface area (Å²) < 4.78 is 5.74. The predicted octanol–water partition coefficient (Wildman–Crippen LogP) is 2.95. The van der Waals surface area contributed by atoms with E-state index < -0.39 is 0 Å². The van der Waals surface area contributed by atoms with Gasteiger partial charge in [0.1, 0.15) is 5.75 Å². The van der Waals surface area contributed by atoms with Gasteiger partial charge in [-0.2, -0.15) is 0 Å². The molecule has 0 aliphatic carbocycles. The van der Waals surface area contributed by atoms with Crippen LogP contribution in [0.15, 0.2) is 29.6 Å². The van der Waals surface area contributed by atoms with Crippen LogP contribution in [0.1, 0.15) is 16.0 Å². The summed E-state index contributed by atoms with van der Waals surface area (Å²) in [5.41, 5.74) is 5.26. The van der Waals surface area contributed by atoms with E-state index in [1.54, 1.807) is 11.3 Å². The molecule has 0 fully saturated rings. The third kappa shape index (κ3) is 2.99. The molecule has 0 saturated carbocycles. The second-order valence-corrected chi connectivity index (χ2v) is 6.47. The molecule has 1 unspecified atom stereocenters. The minimum Gasteiger partial charge on any atom is -0.493 e. The van der Waals surface area contributed by atoms with Gasteiger partial charge in [-0.25, -0.2) is 0 Å². The maximum absolute atomic E-state index is 6.19. The second kappa shape index (κ2) is 6.14. The Morgan fingerprint density at radius 3 is 3.05 bits per heavy atom. The smallest absolute Gasteiger partial charge is 0.125 e. The Bertz CT molecular complexity index is 586. The number of halogens is 1. The Morgan fingerprint density at radius 1 is 1.40 bits per heavy atom. The molecule has 1 aromatic carbocycles. The molecular formula is C15H17ClN2OS. The Balaban J connectivity index is 1.79. The van der Waals surface area contributed by atoms with Crippen molar-refractivity contribution in [2.45, 2.75) is 25.3 Å². The quantitative estimate of drug-likeness (QED) is 0.659. The first kappa shape index (κ1) is 13.9. The molecule has 1 aliphatic heterocycles. The van der Waals surface area contributed by atoms with Crippen LogP contribution in [0.4, 0.5) is 0 Å². The van der Waals surface area contributed by atoms with Gasteiger partial charge in [0.2, 0.25) is 0 Å². The molecule has 5 heteroatoms. The highest BCUT2D eigenvalue weighted by Crippen LogP contribution is 2.33. The van der Waals surface area contributed by atoms with Crippen LogP contribution < -0.4 is 16.0 Å². The molecule has 1 atom stereocenters. The van der Waals surface area contributed by atoms with Crippen LogP contribution in [0.2, 0.25) is 5.02 Å². The minimum atomic E-state index is 0.181. The van der Waals surface area contributed by atoms with Crippen LogP contribution in [0.3, 0.4) is 0 Å². The molecule has 3 N–H and O–H groups in total. The lowest BCUT2D eigenvalue weighted by atomic mass is 9.99. The molecule has 1 aromatic heterocycles. The molecule has 0 spiro atoms. The van der Waals surface area contributed by atoms with E-state index in [0.717, 1.165) is 42.2 Å². The standard InChI is InChI=1S/C15H17ClN2OS/c16-12-6-10-3-4-19-15(10)11(7-12)8-13(18-17)9-14-2-1-5-20-14/h1-2,5-7,13,18H,3-4,8-9,17H2. The molecule has 2 heterocycles. The maximum Gasteiger partial charge on any atom is 0.125 e. The fourth-order valence-electron chi connectivity index (χ4n) is 2.62. The molecule has 2 aromatic rings. The summed E-state index contributed by atoms with van der Waals surface area (Å²) in [5.74, 6) is 6.70. The number of nitrogens with two attached hydrogens (primary N) is 1. The number of fused-ring (bicyclic) bond motifs is 1. The van der Waals surface area contributed by atoms with Gasteiger partial charge in [-0.3, -0.25) is 11.3 Å². The number of benzene rings is 1. The lowest BCUT2D eigenvalue weighted by molar-refractivity contribution is 0.351. The lowest BCUT2D eigenvalue weighted by Crippen LogP contribution is -2.38. The number of hydrogen-bond donors (Lipinski definition) is 2. The average molecular weight is 309 g/mol. The van der Waals surface area contributed by atoms with E-state index in [1.165, 1.54) is 10.4 Å². The van der Waals surface area contributed by atoms with Gasteiger partial charge in [-0.05, 0) is 47.5 Å². The van der Waals surface area contributed by atoms with E-state index in [9.17, 15) is 0 Å². The van der Waals surface area contributed by atoms with Crippen LogP contribution in [0.5, 0.6) is 5.75 Å². The minimum absolute atomic E-state index is 0.181. The van der Waals surface area contributed by atoms with E-state index >= 15 is 0 Å². The van der Waals surface area contributed by atoms with Crippen molar-refractivity contribution >= 4 is 22.9 Å². The molecule has 0 radical (unpaired) electrons. The zero-order valence-electron chi connectivity index (χ0n) is 11.1. The topological polar surface area (TPSA) is 47.3 Å². The summed E-state index contributed by atoms with van der Waals surface area (Å²) in [6.45, 7) is 0.744. The highest BCUT2D eigenvalue weighted by molar-refractivity contribution is 7.09. The van der Waals surface area contributed by atoms with Crippen molar-refractivity contribution < 1.29 is 4.74 Å². The zero-order chi connectivity index (χ0) is 13.9. The SMILES string of the molecule is NNC(Cc1cccs1)Cc1cc(Cl)cc2c1OCC2. The van der Waals surface area contributed by atoms with Crippen molar-refractivity contribution in [3.63, 3.8) is 0 Å². The van der Waals surface area contributed by atoms with E-state index in [0.29, 0.717) is 0 Å².